The second-order valence-corrected chi connectivity index (χ2v) is 4.01. The van der Waals surface area contributed by atoms with Crippen molar-refractivity contribution in [1.82, 2.24) is 0 Å². The lowest BCUT2D eigenvalue weighted by Gasteiger charge is -2.07. The fraction of sp³-hybridized carbons (Fsp3) is 0.273. The fourth-order valence-corrected chi connectivity index (χ4v) is 1.69. The van der Waals surface area contributed by atoms with Gasteiger partial charge in [0.1, 0.15) is 0 Å². The molecule has 4 nitrogen and oxygen atoms in total. The van der Waals surface area contributed by atoms with Crippen LogP contribution in [0.4, 0.5) is 0 Å². The van der Waals surface area contributed by atoms with Gasteiger partial charge < -0.3 is 9.84 Å². The number of carbonyl (C=O) groups is 2. The van der Waals surface area contributed by atoms with Crippen molar-refractivity contribution in [2.45, 2.75) is 13.3 Å². The van der Waals surface area contributed by atoms with Crippen LogP contribution in [0.3, 0.4) is 0 Å². The number of carbonyl (C=O) groups excluding carboxylic acids is 1. The molecule has 0 heterocycles. The van der Waals surface area contributed by atoms with Gasteiger partial charge in [-0.2, -0.15) is 0 Å². The highest BCUT2D eigenvalue weighted by Crippen LogP contribution is 2.18. The smallest absolute Gasteiger partial charge is 0.338 e. The predicted molar refractivity (Wildman–Crippen MR) is 61.4 cm³/mol. The van der Waals surface area contributed by atoms with Crippen LogP contribution in [0.25, 0.3) is 0 Å². The van der Waals surface area contributed by atoms with E-state index in [1.54, 1.807) is 25.1 Å². The van der Waals surface area contributed by atoms with E-state index in [1.165, 1.54) is 0 Å². The van der Waals surface area contributed by atoms with Gasteiger partial charge in [0, 0.05) is 4.47 Å². The molecule has 0 spiro atoms. The summed E-state index contributed by atoms with van der Waals surface area (Å²) in [5.41, 5.74) is 0.743. The average Bonchev–Trinajstić information content (AvgIpc) is 2.16. The van der Waals surface area contributed by atoms with E-state index >= 15 is 0 Å². The first kappa shape index (κ1) is 12.7. The van der Waals surface area contributed by atoms with Gasteiger partial charge in [-0.3, -0.25) is 4.79 Å². The molecule has 1 aromatic carbocycles. The van der Waals surface area contributed by atoms with Crippen LogP contribution in [-0.2, 0) is 16.0 Å². The van der Waals surface area contributed by atoms with Crippen molar-refractivity contribution in [2.24, 2.45) is 0 Å². The van der Waals surface area contributed by atoms with Crippen molar-refractivity contribution in [3.05, 3.63) is 33.8 Å². The Bertz CT molecular complexity index is 414. The van der Waals surface area contributed by atoms with Gasteiger partial charge >= 0.3 is 11.9 Å². The lowest BCUT2D eigenvalue weighted by atomic mass is 10.0. The summed E-state index contributed by atoms with van der Waals surface area (Å²) < 4.78 is 5.58. The SMILES string of the molecule is CCOC(=O)c1ccc(Br)cc1CC(=O)O. The van der Waals surface area contributed by atoms with Crippen LogP contribution in [-0.4, -0.2) is 23.7 Å². The van der Waals surface area contributed by atoms with E-state index in [1.807, 2.05) is 0 Å². The first-order valence-corrected chi connectivity index (χ1v) is 5.51. The van der Waals surface area contributed by atoms with Crippen LogP contribution in [0, 0.1) is 0 Å². The van der Waals surface area contributed by atoms with Gasteiger partial charge in [0.25, 0.3) is 0 Å². The van der Waals surface area contributed by atoms with E-state index in [0.717, 1.165) is 4.47 Å². The molecule has 0 aliphatic heterocycles. The number of hydrogen-bond acceptors (Lipinski definition) is 3. The van der Waals surface area contributed by atoms with Gasteiger partial charge in [0.05, 0.1) is 18.6 Å². The Balaban J connectivity index is 3.06. The molecule has 0 aromatic heterocycles. The number of carboxylic acid groups (broad SMARTS) is 1. The number of aliphatic carboxylic acids is 1. The molecule has 0 aliphatic carbocycles. The third kappa shape index (κ3) is 3.34. The van der Waals surface area contributed by atoms with Gasteiger partial charge in [0.15, 0.2) is 0 Å². The Kier molecular flexibility index (Phi) is 4.49. The van der Waals surface area contributed by atoms with Crippen molar-refractivity contribution >= 4 is 27.9 Å². The molecule has 0 saturated heterocycles. The molecular formula is C11H11BrO4. The number of esters is 1. The number of halogens is 1. The minimum Gasteiger partial charge on any atom is -0.481 e. The molecule has 5 heteroatoms. The quantitative estimate of drug-likeness (QED) is 0.863. The van der Waals surface area contributed by atoms with Gasteiger partial charge in [-0.15, -0.1) is 0 Å². The lowest BCUT2D eigenvalue weighted by molar-refractivity contribution is -0.136. The van der Waals surface area contributed by atoms with Crippen molar-refractivity contribution in [3.8, 4) is 0 Å². The maximum atomic E-state index is 11.5. The van der Waals surface area contributed by atoms with Crippen molar-refractivity contribution in [2.75, 3.05) is 6.61 Å². The maximum absolute atomic E-state index is 11.5. The molecule has 0 bridgehead atoms. The van der Waals surface area contributed by atoms with E-state index in [2.05, 4.69) is 15.9 Å². The highest BCUT2D eigenvalue weighted by molar-refractivity contribution is 9.10. The Morgan fingerprint density at radius 3 is 2.69 bits per heavy atom. The zero-order chi connectivity index (χ0) is 12.1. The maximum Gasteiger partial charge on any atom is 0.338 e. The fourth-order valence-electron chi connectivity index (χ4n) is 1.28. The summed E-state index contributed by atoms with van der Waals surface area (Å²) in [6.07, 6.45) is -0.201. The summed E-state index contributed by atoms with van der Waals surface area (Å²) in [5.74, 6) is -1.48. The molecule has 1 aromatic rings. The molecule has 0 aliphatic rings. The van der Waals surface area contributed by atoms with Crippen molar-refractivity contribution in [1.29, 1.82) is 0 Å². The number of hydrogen-bond donors (Lipinski definition) is 1. The highest BCUT2D eigenvalue weighted by atomic mass is 79.9. The van der Waals surface area contributed by atoms with Crippen LogP contribution in [0.2, 0.25) is 0 Å². The molecule has 0 radical (unpaired) electrons. The summed E-state index contributed by atoms with van der Waals surface area (Å²) in [6.45, 7) is 1.97. The molecule has 0 amide bonds. The van der Waals surface area contributed by atoms with Crippen LogP contribution >= 0.6 is 15.9 Å². The third-order valence-electron chi connectivity index (χ3n) is 1.90. The standard InChI is InChI=1S/C11H11BrO4/c1-2-16-11(15)9-4-3-8(12)5-7(9)6-10(13)14/h3-5H,2,6H2,1H3,(H,13,14). The summed E-state index contributed by atoms with van der Waals surface area (Å²) >= 11 is 3.23. The molecule has 1 N–H and O–H groups in total. The second-order valence-electron chi connectivity index (χ2n) is 3.09. The van der Waals surface area contributed by atoms with Crippen molar-refractivity contribution < 1.29 is 19.4 Å². The normalized spacial score (nSPS) is 9.88. The Hall–Kier alpha value is -1.36. The molecule has 86 valence electrons. The summed E-state index contributed by atoms with van der Waals surface area (Å²) in [5, 5.41) is 8.73. The summed E-state index contributed by atoms with van der Waals surface area (Å²) in [7, 11) is 0. The Labute approximate surface area is 101 Å². The highest BCUT2D eigenvalue weighted by Gasteiger charge is 2.14. The van der Waals surface area contributed by atoms with Gasteiger partial charge in [-0.05, 0) is 30.7 Å². The summed E-state index contributed by atoms with van der Waals surface area (Å²) in [6, 6.07) is 4.85. The number of rotatable bonds is 4. The van der Waals surface area contributed by atoms with Crippen molar-refractivity contribution in [3.63, 3.8) is 0 Å². The number of carboxylic acids is 1. The Morgan fingerprint density at radius 1 is 1.44 bits per heavy atom. The molecule has 0 fully saturated rings. The van der Waals surface area contributed by atoms with Crippen LogP contribution in [0.5, 0.6) is 0 Å². The third-order valence-corrected chi connectivity index (χ3v) is 2.40. The molecule has 0 unspecified atom stereocenters. The molecule has 0 saturated carbocycles. The van der Waals surface area contributed by atoms with Gasteiger partial charge in [-0.1, -0.05) is 15.9 Å². The minimum atomic E-state index is -0.983. The topological polar surface area (TPSA) is 63.6 Å². The first-order valence-electron chi connectivity index (χ1n) is 4.72. The first-order chi connectivity index (χ1) is 7.54. The molecule has 1 rings (SSSR count). The van der Waals surface area contributed by atoms with Gasteiger partial charge in [-0.25, -0.2) is 4.79 Å². The number of ether oxygens (including phenoxy) is 1. The van der Waals surface area contributed by atoms with Crippen LogP contribution < -0.4 is 0 Å². The largest absolute Gasteiger partial charge is 0.481 e. The molecular weight excluding hydrogens is 276 g/mol. The van der Waals surface area contributed by atoms with E-state index in [-0.39, 0.29) is 13.0 Å². The minimum absolute atomic E-state index is 0.201. The Morgan fingerprint density at radius 2 is 2.12 bits per heavy atom. The lowest BCUT2D eigenvalue weighted by Crippen LogP contribution is -2.11. The average molecular weight is 287 g/mol. The monoisotopic (exact) mass is 286 g/mol. The van der Waals surface area contributed by atoms with Gasteiger partial charge in [0.2, 0.25) is 0 Å². The second kappa shape index (κ2) is 5.65. The molecule has 0 atom stereocenters. The summed E-state index contributed by atoms with van der Waals surface area (Å²) in [4.78, 5) is 22.2. The zero-order valence-electron chi connectivity index (χ0n) is 8.70. The van der Waals surface area contributed by atoms with E-state index in [9.17, 15) is 9.59 Å². The van der Waals surface area contributed by atoms with E-state index in [0.29, 0.717) is 11.1 Å². The van der Waals surface area contributed by atoms with E-state index < -0.39 is 11.9 Å². The van der Waals surface area contributed by atoms with E-state index in [4.69, 9.17) is 9.84 Å². The molecule has 16 heavy (non-hydrogen) atoms. The predicted octanol–water partition coefficient (Wildman–Crippen LogP) is 2.25. The van der Waals surface area contributed by atoms with Crippen LogP contribution in [0.1, 0.15) is 22.8 Å². The van der Waals surface area contributed by atoms with Crippen LogP contribution in [0.15, 0.2) is 22.7 Å². The zero-order valence-corrected chi connectivity index (χ0v) is 10.3. The number of benzene rings is 1.